The largest absolute Gasteiger partial charge is 0.496 e. The van der Waals surface area contributed by atoms with Gasteiger partial charge in [0.25, 0.3) is 0 Å². The van der Waals surface area contributed by atoms with Crippen molar-refractivity contribution < 1.29 is 14.6 Å². The summed E-state index contributed by atoms with van der Waals surface area (Å²) in [6, 6.07) is 1.67. The Morgan fingerprint density at radius 3 is 2.47 bits per heavy atom. The second kappa shape index (κ2) is 3.88. The standard InChI is InChI=1S/C11H15NO3/c1-11(2,3)9-5-8(15-4)7(6-12-9)10(13)14/h5-6H,1-4H3,(H,13,14). The molecule has 0 bridgehead atoms. The molecule has 0 aliphatic carbocycles. The van der Waals surface area contributed by atoms with Crippen LogP contribution in [-0.2, 0) is 5.41 Å². The van der Waals surface area contributed by atoms with E-state index in [1.807, 2.05) is 20.8 Å². The first kappa shape index (κ1) is 11.5. The van der Waals surface area contributed by atoms with Crippen LogP contribution in [0.3, 0.4) is 0 Å². The van der Waals surface area contributed by atoms with Gasteiger partial charge < -0.3 is 9.84 Å². The van der Waals surface area contributed by atoms with E-state index in [1.165, 1.54) is 13.3 Å². The highest BCUT2D eigenvalue weighted by Crippen LogP contribution is 2.26. The van der Waals surface area contributed by atoms with Crippen LogP contribution in [0.1, 0.15) is 36.8 Å². The molecule has 1 heterocycles. The van der Waals surface area contributed by atoms with Crippen LogP contribution in [0.25, 0.3) is 0 Å². The Balaban J connectivity index is 3.25. The molecule has 0 aliphatic heterocycles. The molecule has 15 heavy (non-hydrogen) atoms. The number of hydrogen-bond acceptors (Lipinski definition) is 3. The average Bonchev–Trinajstić information content (AvgIpc) is 2.15. The normalized spacial score (nSPS) is 11.2. The van der Waals surface area contributed by atoms with Crippen LogP contribution >= 0.6 is 0 Å². The number of methoxy groups -OCH3 is 1. The van der Waals surface area contributed by atoms with Gasteiger partial charge in [0.1, 0.15) is 11.3 Å². The Kier molecular flexibility index (Phi) is 2.98. The van der Waals surface area contributed by atoms with Gasteiger partial charge in [-0.05, 0) is 0 Å². The van der Waals surface area contributed by atoms with Crippen LogP contribution in [0.5, 0.6) is 5.75 Å². The molecule has 0 aliphatic rings. The number of carbonyl (C=O) groups is 1. The van der Waals surface area contributed by atoms with Crippen LogP contribution in [0.2, 0.25) is 0 Å². The maximum absolute atomic E-state index is 10.8. The van der Waals surface area contributed by atoms with E-state index in [2.05, 4.69) is 4.98 Å². The van der Waals surface area contributed by atoms with E-state index in [-0.39, 0.29) is 11.0 Å². The van der Waals surface area contributed by atoms with Gasteiger partial charge in [0.05, 0.1) is 7.11 Å². The first-order valence-electron chi connectivity index (χ1n) is 4.64. The summed E-state index contributed by atoms with van der Waals surface area (Å²) in [7, 11) is 1.45. The molecule has 0 unspecified atom stereocenters. The quantitative estimate of drug-likeness (QED) is 0.810. The molecule has 0 amide bonds. The lowest BCUT2D eigenvalue weighted by molar-refractivity contribution is 0.0692. The summed E-state index contributed by atoms with van der Waals surface area (Å²) in [5.74, 6) is -0.678. The van der Waals surface area contributed by atoms with Crippen molar-refractivity contribution in [2.24, 2.45) is 0 Å². The second-order valence-corrected chi connectivity index (χ2v) is 4.32. The van der Waals surface area contributed by atoms with Crippen LogP contribution in [0.15, 0.2) is 12.3 Å². The summed E-state index contributed by atoms with van der Waals surface area (Å²) in [5.41, 5.74) is 0.777. The van der Waals surface area contributed by atoms with E-state index >= 15 is 0 Å². The molecule has 4 heteroatoms. The number of pyridine rings is 1. The average molecular weight is 209 g/mol. The zero-order chi connectivity index (χ0) is 11.6. The summed E-state index contributed by atoms with van der Waals surface area (Å²) >= 11 is 0. The highest BCUT2D eigenvalue weighted by atomic mass is 16.5. The summed E-state index contributed by atoms with van der Waals surface area (Å²) in [6.07, 6.45) is 1.34. The maximum atomic E-state index is 10.8. The molecular weight excluding hydrogens is 194 g/mol. The molecule has 0 spiro atoms. The van der Waals surface area contributed by atoms with E-state index in [1.54, 1.807) is 6.07 Å². The van der Waals surface area contributed by atoms with Crippen molar-refractivity contribution in [1.82, 2.24) is 4.98 Å². The zero-order valence-electron chi connectivity index (χ0n) is 9.37. The van der Waals surface area contributed by atoms with Gasteiger partial charge in [0, 0.05) is 23.4 Å². The number of ether oxygens (including phenoxy) is 1. The van der Waals surface area contributed by atoms with E-state index in [9.17, 15) is 4.79 Å². The smallest absolute Gasteiger partial charge is 0.341 e. The third-order valence-corrected chi connectivity index (χ3v) is 2.08. The first-order chi connectivity index (χ1) is 6.86. The molecule has 82 valence electrons. The summed E-state index contributed by atoms with van der Waals surface area (Å²) in [6.45, 7) is 6.03. The monoisotopic (exact) mass is 209 g/mol. The zero-order valence-corrected chi connectivity index (χ0v) is 9.37. The van der Waals surface area contributed by atoms with Crippen LogP contribution < -0.4 is 4.74 Å². The molecule has 1 aromatic heterocycles. The van der Waals surface area contributed by atoms with E-state index in [0.717, 1.165) is 5.69 Å². The third kappa shape index (κ3) is 2.46. The van der Waals surface area contributed by atoms with Gasteiger partial charge in [-0.2, -0.15) is 0 Å². The minimum atomic E-state index is -1.03. The van der Waals surface area contributed by atoms with E-state index in [0.29, 0.717) is 5.75 Å². The first-order valence-corrected chi connectivity index (χ1v) is 4.64. The third-order valence-electron chi connectivity index (χ3n) is 2.08. The van der Waals surface area contributed by atoms with Crippen molar-refractivity contribution in [2.75, 3.05) is 7.11 Å². The van der Waals surface area contributed by atoms with Crippen LogP contribution in [0, 0.1) is 0 Å². The fourth-order valence-electron chi connectivity index (χ4n) is 1.18. The predicted molar refractivity (Wildman–Crippen MR) is 56.4 cm³/mol. The number of rotatable bonds is 2. The molecule has 1 rings (SSSR count). The minimum absolute atomic E-state index is 0.0884. The molecule has 0 radical (unpaired) electrons. The Morgan fingerprint density at radius 2 is 2.07 bits per heavy atom. The van der Waals surface area contributed by atoms with Gasteiger partial charge in [0.2, 0.25) is 0 Å². The van der Waals surface area contributed by atoms with Crippen molar-refractivity contribution in [3.8, 4) is 5.75 Å². The highest BCUT2D eigenvalue weighted by molar-refractivity contribution is 5.90. The van der Waals surface area contributed by atoms with Crippen molar-refractivity contribution in [2.45, 2.75) is 26.2 Å². The Bertz CT molecular complexity index is 380. The number of hydrogen-bond donors (Lipinski definition) is 1. The number of aromatic nitrogens is 1. The topological polar surface area (TPSA) is 59.4 Å². The van der Waals surface area contributed by atoms with Gasteiger partial charge in [-0.3, -0.25) is 4.98 Å². The lowest BCUT2D eigenvalue weighted by Gasteiger charge is -2.18. The maximum Gasteiger partial charge on any atom is 0.341 e. The summed E-state index contributed by atoms with van der Waals surface area (Å²) in [5, 5.41) is 8.87. The Morgan fingerprint density at radius 1 is 1.47 bits per heavy atom. The van der Waals surface area contributed by atoms with Crippen molar-refractivity contribution in [3.05, 3.63) is 23.5 Å². The molecule has 4 nitrogen and oxygen atoms in total. The molecule has 1 N–H and O–H groups in total. The lowest BCUT2D eigenvalue weighted by Crippen LogP contribution is -2.14. The minimum Gasteiger partial charge on any atom is -0.496 e. The van der Waals surface area contributed by atoms with Gasteiger partial charge >= 0.3 is 5.97 Å². The predicted octanol–water partition coefficient (Wildman–Crippen LogP) is 2.09. The molecule has 1 aromatic rings. The van der Waals surface area contributed by atoms with Crippen LogP contribution in [-0.4, -0.2) is 23.2 Å². The number of aromatic carboxylic acids is 1. The molecule has 0 aromatic carbocycles. The number of carboxylic acids is 1. The summed E-state index contributed by atoms with van der Waals surface area (Å²) in [4.78, 5) is 14.9. The molecule has 0 saturated heterocycles. The van der Waals surface area contributed by atoms with Crippen molar-refractivity contribution in [3.63, 3.8) is 0 Å². The van der Waals surface area contributed by atoms with Gasteiger partial charge in [-0.25, -0.2) is 4.79 Å². The SMILES string of the molecule is COc1cc(C(C)(C)C)ncc1C(=O)O. The lowest BCUT2D eigenvalue weighted by atomic mass is 9.91. The molecule has 0 saturated carbocycles. The second-order valence-electron chi connectivity index (χ2n) is 4.32. The summed E-state index contributed by atoms with van der Waals surface area (Å²) < 4.78 is 5.02. The fraction of sp³-hybridized carbons (Fsp3) is 0.455. The van der Waals surface area contributed by atoms with Crippen LogP contribution in [0.4, 0.5) is 0 Å². The molecular formula is C11H15NO3. The van der Waals surface area contributed by atoms with Gasteiger partial charge in [-0.1, -0.05) is 20.8 Å². The Labute approximate surface area is 88.9 Å². The van der Waals surface area contributed by atoms with Crippen molar-refractivity contribution >= 4 is 5.97 Å². The van der Waals surface area contributed by atoms with Gasteiger partial charge in [-0.15, -0.1) is 0 Å². The molecule has 0 atom stereocenters. The van der Waals surface area contributed by atoms with Crippen molar-refractivity contribution in [1.29, 1.82) is 0 Å². The Hall–Kier alpha value is -1.58. The highest BCUT2D eigenvalue weighted by Gasteiger charge is 2.19. The molecule has 0 fully saturated rings. The van der Waals surface area contributed by atoms with Gasteiger partial charge in [0.15, 0.2) is 0 Å². The number of nitrogens with zero attached hydrogens (tertiary/aromatic N) is 1. The number of carboxylic acid groups (broad SMARTS) is 1. The van der Waals surface area contributed by atoms with E-state index in [4.69, 9.17) is 9.84 Å². The van der Waals surface area contributed by atoms with E-state index < -0.39 is 5.97 Å². The fourth-order valence-corrected chi connectivity index (χ4v) is 1.18.